The number of ether oxygens (including phenoxy) is 1. The van der Waals surface area contributed by atoms with Crippen molar-refractivity contribution >= 4 is 23.5 Å². The number of aryl methyl sites for hydroxylation is 2. The third-order valence-electron chi connectivity index (χ3n) is 6.00. The molecular weight excluding hydrogens is 378 g/mol. The zero-order valence-electron chi connectivity index (χ0n) is 16.8. The molecule has 5 heteroatoms. The number of benzene rings is 1. The quantitative estimate of drug-likeness (QED) is 0.620. The second kappa shape index (κ2) is 8.27. The highest BCUT2D eigenvalue weighted by Gasteiger charge is 2.30. The van der Waals surface area contributed by atoms with E-state index in [1.807, 2.05) is 0 Å². The molecule has 0 saturated carbocycles. The monoisotopic (exact) mass is 405 g/mol. The topological polar surface area (TPSA) is 30.3 Å². The molecule has 0 radical (unpaired) electrons. The highest BCUT2D eigenvalue weighted by Crippen LogP contribution is 2.34. The molecule has 0 N–H and O–H groups in total. The molecular formula is C24H27N3OS. The number of hydrogen-bond acceptors (Lipinski definition) is 4. The van der Waals surface area contributed by atoms with Gasteiger partial charge in [0.05, 0.1) is 11.8 Å². The second-order valence-corrected chi connectivity index (χ2v) is 8.85. The van der Waals surface area contributed by atoms with Crippen molar-refractivity contribution in [2.45, 2.75) is 38.0 Å². The molecule has 0 bridgehead atoms. The van der Waals surface area contributed by atoms with Gasteiger partial charge in [-0.1, -0.05) is 30.3 Å². The summed E-state index contributed by atoms with van der Waals surface area (Å²) >= 11 is 1.72. The van der Waals surface area contributed by atoms with Gasteiger partial charge in [-0.2, -0.15) is 11.3 Å². The predicted molar refractivity (Wildman–Crippen MR) is 119 cm³/mol. The molecule has 1 fully saturated rings. The lowest BCUT2D eigenvalue weighted by atomic mass is 10.00. The van der Waals surface area contributed by atoms with Gasteiger partial charge in [0, 0.05) is 25.8 Å². The van der Waals surface area contributed by atoms with Gasteiger partial charge in [0.2, 0.25) is 0 Å². The van der Waals surface area contributed by atoms with Gasteiger partial charge in [0.1, 0.15) is 11.9 Å². The summed E-state index contributed by atoms with van der Waals surface area (Å²) in [7, 11) is 2.19. The molecule has 3 aromatic rings. The lowest BCUT2D eigenvalue weighted by molar-refractivity contribution is -0.0275. The van der Waals surface area contributed by atoms with E-state index < -0.39 is 0 Å². The Bertz CT molecular complexity index is 983. The van der Waals surface area contributed by atoms with Crippen LogP contribution in [0.4, 0.5) is 0 Å². The molecule has 2 aromatic heterocycles. The fourth-order valence-electron chi connectivity index (χ4n) is 4.32. The molecule has 1 atom stereocenters. The van der Waals surface area contributed by atoms with E-state index in [-0.39, 0.29) is 12.2 Å². The third-order valence-corrected chi connectivity index (χ3v) is 6.71. The Balaban J connectivity index is 1.47. The normalized spacial score (nSPS) is 20.5. The minimum atomic E-state index is -0.0922. The predicted octanol–water partition coefficient (Wildman–Crippen LogP) is 4.87. The van der Waals surface area contributed by atoms with Crippen LogP contribution < -0.4 is 0 Å². The van der Waals surface area contributed by atoms with Crippen molar-refractivity contribution in [1.82, 2.24) is 14.5 Å². The van der Waals surface area contributed by atoms with Crippen LogP contribution in [0, 0.1) is 0 Å². The Kier molecular flexibility index (Phi) is 5.36. The molecule has 2 aliphatic heterocycles. The standard InChI is InChI=1S/C24H27N3OS/c1-26-12-9-21(10-13-26)28-23-22-5-3-2-4-19(22)8-14-27-16-20(25-24(23)27)7-6-18-11-15-29-17-18/h2-7,11,15-17,21,23H,8-10,12-14H2,1H3. The van der Waals surface area contributed by atoms with Gasteiger partial charge in [0.15, 0.2) is 0 Å². The van der Waals surface area contributed by atoms with Gasteiger partial charge < -0.3 is 14.2 Å². The van der Waals surface area contributed by atoms with Gasteiger partial charge >= 0.3 is 0 Å². The van der Waals surface area contributed by atoms with E-state index in [9.17, 15) is 0 Å². The summed E-state index contributed by atoms with van der Waals surface area (Å²) in [4.78, 5) is 7.40. The number of aromatic nitrogens is 2. The first-order valence-electron chi connectivity index (χ1n) is 10.5. The van der Waals surface area contributed by atoms with Crippen molar-refractivity contribution < 1.29 is 4.74 Å². The summed E-state index contributed by atoms with van der Waals surface area (Å²) in [5, 5.41) is 4.25. The summed E-state index contributed by atoms with van der Waals surface area (Å²) in [5.41, 5.74) is 4.89. The Morgan fingerprint density at radius 1 is 1.10 bits per heavy atom. The van der Waals surface area contributed by atoms with Crippen LogP contribution in [0.25, 0.3) is 12.2 Å². The second-order valence-electron chi connectivity index (χ2n) is 8.07. The van der Waals surface area contributed by atoms with E-state index >= 15 is 0 Å². The number of imidazole rings is 1. The Morgan fingerprint density at radius 3 is 2.79 bits per heavy atom. The van der Waals surface area contributed by atoms with Crippen LogP contribution in [0.2, 0.25) is 0 Å². The van der Waals surface area contributed by atoms with Crippen LogP contribution in [-0.4, -0.2) is 40.7 Å². The van der Waals surface area contributed by atoms with Crippen LogP contribution in [0.1, 0.15) is 47.2 Å². The van der Waals surface area contributed by atoms with Crippen molar-refractivity contribution in [3.63, 3.8) is 0 Å². The van der Waals surface area contributed by atoms with Crippen molar-refractivity contribution in [2.75, 3.05) is 20.1 Å². The zero-order valence-corrected chi connectivity index (χ0v) is 17.6. The average Bonchev–Trinajstić information content (AvgIpc) is 3.38. The van der Waals surface area contributed by atoms with Crippen molar-refractivity contribution in [1.29, 1.82) is 0 Å². The molecule has 4 heterocycles. The van der Waals surface area contributed by atoms with Crippen LogP contribution >= 0.6 is 11.3 Å². The molecule has 2 aliphatic rings. The maximum atomic E-state index is 6.74. The molecule has 150 valence electrons. The average molecular weight is 406 g/mol. The Labute approximate surface area is 176 Å². The van der Waals surface area contributed by atoms with Gasteiger partial charge in [-0.25, -0.2) is 4.98 Å². The Hall–Kier alpha value is -2.21. The van der Waals surface area contributed by atoms with Gasteiger partial charge in [-0.05, 0) is 65.9 Å². The molecule has 1 saturated heterocycles. The van der Waals surface area contributed by atoms with Crippen molar-refractivity contribution in [3.8, 4) is 0 Å². The van der Waals surface area contributed by atoms with Crippen LogP contribution in [-0.2, 0) is 17.7 Å². The molecule has 1 aromatic carbocycles. The summed E-state index contributed by atoms with van der Waals surface area (Å²) < 4.78 is 9.04. The van der Waals surface area contributed by atoms with E-state index in [2.05, 4.69) is 76.0 Å². The summed E-state index contributed by atoms with van der Waals surface area (Å²) in [5.74, 6) is 1.04. The molecule has 0 spiro atoms. The number of likely N-dealkylation sites (tertiary alicyclic amines) is 1. The molecule has 29 heavy (non-hydrogen) atoms. The van der Waals surface area contributed by atoms with Gasteiger partial charge in [-0.15, -0.1) is 0 Å². The van der Waals surface area contributed by atoms with Crippen LogP contribution in [0.15, 0.2) is 47.3 Å². The lowest BCUT2D eigenvalue weighted by Gasteiger charge is -2.32. The fourth-order valence-corrected chi connectivity index (χ4v) is 4.94. The lowest BCUT2D eigenvalue weighted by Crippen LogP contribution is -2.35. The third kappa shape index (κ3) is 4.08. The van der Waals surface area contributed by atoms with E-state index in [4.69, 9.17) is 9.72 Å². The largest absolute Gasteiger partial charge is 0.362 e. The Morgan fingerprint density at radius 2 is 1.97 bits per heavy atom. The molecule has 0 amide bonds. The maximum absolute atomic E-state index is 6.74. The zero-order chi connectivity index (χ0) is 19.6. The van der Waals surface area contributed by atoms with Gasteiger partial charge in [0.25, 0.3) is 0 Å². The smallest absolute Gasteiger partial charge is 0.143 e. The highest BCUT2D eigenvalue weighted by molar-refractivity contribution is 7.08. The van der Waals surface area contributed by atoms with Crippen LogP contribution in [0.5, 0.6) is 0 Å². The summed E-state index contributed by atoms with van der Waals surface area (Å²) in [6.07, 6.45) is 9.81. The van der Waals surface area contributed by atoms with E-state index in [0.717, 1.165) is 50.4 Å². The van der Waals surface area contributed by atoms with E-state index in [1.165, 1.54) is 16.7 Å². The number of thiophene rings is 1. The molecule has 5 rings (SSSR count). The molecule has 1 unspecified atom stereocenters. The number of hydrogen-bond donors (Lipinski definition) is 0. The molecule has 4 nitrogen and oxygen atoms in total. The minimum absolute atomic E-state index is 0.0922. The number of nitrogens with zero attached hydrogens (tertiary/aromatic N) is 3. The van der Waals surface area contributed by atoms with E-state index in [1.54, 1.807) is 11.3 Å². The minimum Gasteiger partial charge on any atom is -0.362 e. The van der Waals surface area contributed by atoms with E-state index in [0.29, 0.717) is 0 Å². The van der Waals surface area contributed by atoms with Crippen molar-refractivity contribution in [3.05, 3.63) is 75.5 Å². The SMILES string of the molecule is CN1CCC(OC2c3ccccc3CCn3cc(C=Cc4ccsc4)nc32)CC1. The van der Waals surface area contributed by atoms with Gasteiger partial charge in [-0.3, -0.25) is 0 Å². The first-order valence-corrected chi connectivity index (χ1v) is 11.4. The number of fused-ring (bicyclic) bond motifs is 2. The number of piperidine rings is 1. The first kappa shape index (κ1) is 18.8. The maximum Gasteiger partial charge on any atom is 0.143 e. The fraction of sp³-hybridized carbons (Fsp3) is 0.375. The van der Waals surface area contributed by atoms with Crippen molar-refractivity contribution in [2.24, 2.45) is 0 Å². The van der Waals surface area contributed by atoms with Crippen LogP contribution in [0.3, 0.4) is 0 Å². The highest BCUT2D eigenvalue weighted by atomic mass is 32.1. The number of rotatable bonds is 4. The first-order chi connectivity index (χ1) is 14.3. The summed E-state index contributed by atoms with van der Waals surface area (Å²) in [6, 6.07) is 10.9. The molecule has 0 aliphatic carbocycles. The summed E-state index contributed by atoms with van der Waals surface area (Å²) in [6.45, 7) is 3.14.